The number of rotatable bonds is 12. The lowest BCUT2D eigenvalue weighted by atomic mass is 9.99. The molecule has 1 fully saturated rings. The van der Waals surface area contributed by atoms with Crippen LogP contribution in [0, 0.1) is 11.6 Å². The molecule has 1 aliphatic carbocycles. The smallest absolute Gasteiger partial charge is 0.408 e. The van der Waals surface area contributed by atoms with Gasteiger partial charge in [0.05, 0.1) is 23.4 Å². The monoisotopic (exact) mass is 626 g/mol. The molecule has 0 saturated heterocycles. The quantitative estimate of drug-likeness (QED) is 0.0723. The summed E-state index contributed by atoms with van der Waals surface area (Å²) >= 11 is 0. The molecule has 8 nitrogen and oxygen atoms in total. The molecular weight excluding hydrogens is 594 g/mol. The number of aliphatic imine (C=N–C) groups is 1. The Bertz CT molecular complexity index is 1740. The minimum absolute atomic E-state index is 0.0154. The first-order valence-electron chi connectivity index (χ1n) is 14.7. The standard InChI is InChI=1S/C36H32F2N2O6/c1-2-44-34(42)29(21-39-26-13-15-27(16-14-26)45-22-24-9-5-3-6-10-24)33(41)28-19-32(38)30(20-31(28)37)36(17-18-36)40-35(43)46-23-25-11-7-4-8-12-25/h3-16,19-21,41H,2,17-18,22-23H2,1H3,(H,40,43)/b33-29+,39-21?. The van der Waals surface area contributed by atoms with Crippen molar-refractivity contribution in [3.8, 4) is 5.75 Å². The first-order chi connectivity index (χ1) is 22.3. The number of esters is 1. The Morgan fingerprint density at radius 1 is 0.870 bits per heavy atom. The summed E-state index contributed by atoms with van der Waals surface area (Å²) in [6, 6.07) is 27.0. The van der Waals surface area contributed by atoms with Crippen LogP contribution in [0.25, 0.3) is 5.76 Å². The van der Waals surface area contributed by atoms with Crippen LogP contribution in [0.3, 0.4) is 0 Å². The van der Waals surface area contributed by atoms with Crippen LogP contribution >= 0.6 is 0 Å². The van der Waals surface area contributed by atoms with Crippen molar-refractivity contribution in [2.24, 2.45) is 4.99 Å². The van der Waals surface area contributed by atoms with Crippen LogP contribution in [-0.4, -0.2) is 30.0 Å². The maximum absolute atomic E-state index is 15.4. The number of ether oxygens (including phenoxy) is 3. The van der Waals surface area contributed by atoms with Gasteiger partial charge in [-0.15, -0.1) is 0 Å². The summed E-state index contributed by atoms with van der Waals surface area (Å²) in [5.41, 5.74) is -0.102. The van der Waals surface area contributed by atoms with Crippen LogP contribution < -0.4 is 10.1 Å². The molecule has 4 aromatic carbocycles. The summed E-state index contributed by atoms with van der Waals surface area (Å²) in [4.78, 5) is 29.4. The fourth-order valence-electron chi connectivity index (χ4n) is 4.71. The molecule has 0 heterocycles. The second kappa shape index (κ2) is 14.5. The predicted molar refractivity (Wildman–Crippen MR) is 169 cm³/mol. The summed E-state index contributed by atoms with van der Waals surface area (Å²) < 4.78 is 46.9. The lowest BCUT2D eigenvalue weighted by Gasteiger charge is -2.19. The van der Waals surface area contributed by atoms with Crippen molar-refractivity contribution in [1.82, 2.24) is 5.32 Å². The molecule has 46 heavy (non-hydrogen) atoms. The molecule has 2 N–H and O–H groups in total. The normalized spacial score (nSPS) is 13.9. The molecule has 236 valence electrons. The van der Waals surface area contributed by atoms with Crippen LogP contribution in [0.2, 0.25) is 0 Å². The number of benzene rings is 4. The number of nitrogens with zero attached hydrogens (tertiary/aromatic N) is 1. The molecule has 0 aromatic heterocycles. The number of amides is 1. The largest absolute Gasteiger partial charge is 0.506 e. The second-order valence-electron chi connectivity index (χ2n) is 10.6. The van der Waals surface area contributed by atoms with Gasteiger partial charge in [0, 0.05) is 11.8 Å². The van der Waals surface area contributed by atoms with Crippen LogP contribution in [0.4, 0.5) is 19.3 Å². The minimum Gasteiger partial charge on any atom is -0.506 e. The maximum atomic E-state index is 15.4. The minimum atomic E-state index is -1.15. The molecule has 1 aliphatic rings. The van der Waals surface area contributed by atoms with E-state index in [9.17, 15) is 14.7 Å². The van der Waals surface area contributed by atoms with E-state index in [1.54, 1.807) is 43.3 Å². The van der Waals surface area contributed by atoms with Gasteiger partial charge in [-0.25, -0.2) is 18.4 Å². The third-order valence-electron chi connectivity index (χ3n) is 7.31. The van der Waals surface area contributed by atoms with Gasteiger partial charge in [0.1, 0.15) is 41.9 Å². The Morgan fingerprint density at radius 2 is 1.50 bits per heavy atom. The van der Waals surface area contributed by atoms with E-state index in [1.807, 2.05) is 48.5 Å². The number of aliphatic hydroxyl groups is 1. The lowest BCUT2D eigenvalue weighted by molar-refractivity contribution is -0.137. The zero-order chi connectivity index (χ0) is 32.5. The first kappa shape index (κ1) is 31.9. The summed E-state index contributed by atoms with van der Waals surface area (Å²) in [5.74, 6) is -3.12. The van der Waals surface area contributed by atoms with Crippen molar-refractivity contribution >= 4 is 29.7 Å². The highest BCUT2D eigenvalue weighted by Gasteiger charge is 2.48. The molecular formula is C36H32F2N2O6. The molecule has 1 amide bonds. The van der Waals surface area contributed by atoms with Crippen molar-refractivity contribution < 1.29 is 37.7 Å². The van der Waals surface area contributed by atoms with Gasteiger partial charge < -0.3 is 24.6 Å². The molecule has 0 aliphatic heterocycles. The highest BCUT2D eigenvalue weighted by molar-refractivity contribution is 6.15. The molecule has 0 unspecified atom stereocenters. The van der Waals surface area contributed by atoms with E-state index in [0.29, 0.717) is 30.9 Å². The van der Waals surface area contributed by atoms with Crippen molar-refractivity contribution in [3.63, 3.8) is 0 Å². The molecule has 0 spiro atoms. The van der Waals surface area contributed by atoms with Gasteiger partial charge in [-0.2, -0.15) is 0 Å². The number of halogens is 2. The number of carbonyl (C=O) groups excluding carboxylic acids is 2. The van der Waals surface area contributed by atoms with E-state index in [2.05, 4.69) is 10.3 Å². The number of hydrogen-bond acceptors (Lipinski definition) is 7. The van der Waals surface area contributed by atoms with E-state index in [1.165, 1.54) is 0 Å². The molecule has 1 saturated carbocycles. The Morgan fingerprint density at radius 3 is 2.11 bits per heavy atom. The second-order valence-corrected chi connectivity index (χ2v) is 10.6. The van der Waals surface area contributed by atoms with E-state index in [-0.39, 0.29) is 18.8 Å². The maximum Gasteiger partial charge on any atom is 0.408 e. The SMILES string of the molecule is CCOC(=O)/C(C=Nc1ccc(OCc2ccccc2)cc1)=C(/O)c1cc(F)c(C2(NC(=O)OCc3ccccc3)CC2)cc1F. The van der Waals surface area contributed by atoms with Gasteiger partial charge in [0.2, 0.25) is 0 Å². The van der Waals surface area contributed by atoms with Crippen LogP contribution in [0.5, 0.6) is 5.75 Å². The number of carbonyl (C=O) groups is 2. The Kier molecular flexibility index (Phi) is 10.1. The molecule has 4 aromatic rings. The van der Waals surface area contributed by atoms with Crippen molar-refractivity contribution in [1.29, 1.82) is 0 Å². The van der Waals surface area contributed by atoms with Gasteiger partial charge in [0.25, 0.3) is 0 Å². The van der Waals surface area contributed by atoms with Crippen molar-refractivity contribution in [3.05, 3.63) is 137 Å². The fourth-order valence-corrected chi connectivity index (χ4v) is 4.71. The average Bonchev–Trinajstić information content (AvgIpc) is 3.85. The van der Waals surface area contributed by atoms with Gasteiger partial charge in [-0.05, 0) is 67.3 Å². The summed E-state index contributed by atoms with van der Waals surface area (Å²) in [5, 5.41) is 13.6. The Hall–Kier alpha value is -5.51. The van der Waals surface area contributed by atoms with Crippen LogP contribution in [0.1, 0.15) is 42.0 Å². The Labute approximate surface area is 265 Å². The fraction of sp³-hybridized carbons (Fsp3) is 0.194. The van der Waals surface area contributed by atoms with E-state index >= 15 is 8.78 Å². The summed E-state index contributed by atoms with van der Waals surface area (Å²) in [6.07, 6.45) is 0.985. The zero-order valence-corrected chi connectivity index (χ0v) is 25.0. The number of alkyl carbamates (subject to hydrolysis) is 1. The number of hydrogen-bond donors (Lipinski definition) is 2. The molecule has 5 rings (SSSR count). The van der Waals surface area contributed by atoms with Gasteiger partial charge in [-0.1, -0.05) is 60.7 Å². The van der Waals surface area contributed by atoms with Crippen LogP contribution in [-0.2, 0) is 33.0 Å². The molecule has 0 radical (unpaired) electrons. The third-order valence-corrected chi connectivity index (χ3v) is 7.31. The Balaban J connectivity index is 1.32. The van der Waals surface area contributed by atoms with E-state index in [4.69, 9.17) is 14.2 Å². The zero-order valence-electron chi connectivity index (χ0n) is 25.0. The number of nitrogens with one attached hydrogen (secondary N) is 1. The summed E-state index contributed by atoms with van der Waals surface area (Å²) in [7, 11) is 0. The van der Waals surface area contributed by atoms with E-state index < -0.39 is 46.1 Å². The van der Waals surface area contributed by atoms with Crippen molar-refractivity contribution in [2.75, 3.05) is 6.61 Å². The highest BCUT2D eigenvalue weighted by atomic mass is 19.1. The van der Waals surface area contributed by atoms with Gasteiger partial charge in [0.15, 0.2) is 0 Å². The molecule has 10 heteroatoms. The average molecular weight is 627 g/mol. The highest BCUT2D eigenvalue weighted by Crippen LogP contribution is 2.47. The molecule has 0 bridgehead atoms. The topological polar surface area (TPSA) is 106 Å². The van der Waals surface area contributed by atoms with Gasteiger partial charge >= 0.3 is 12.1 Å². The van der Waals surface area contributed by atoms with E-state index in [0.717, 1.165) is 29.5 Å². The number of aliphatic hydroxyl groups excluding tert-OH is 1. The van der Waals surface area contributed by atoms with Crippen molar-refractivity contribution in [2.45, 2.75) is 38.5 Å². The van der Waals surface area contributed by atoms with Gasteiger partial charge in [-0.3, -0.25) is 4.99 Å². The lowest BCUT2D eigenvalue weighted by Crippen LogP contribution is -2.36. The van der Waals surface area contributed by atoms with Crippen LogP contribution in [0.15, 0.2) is 108 Å². The first-order valence-corrected chi connectivity index (χ1v) is 14.7. The summed E-state index contributed by atoms with van der Waals surface area (Å²) in [6.45, 7) is 1.94. The predicted octanol–water partition coefficient (Wildman–Crippen LogP) is 7.69. The third kappa shape index (κ3) is 7.95. The molecule has 0 atom stereocenters.